The molecule has 104 valence electrons. The van der Waals surface area contributed by atoms with Gasteiger partial charge >= 0.3 is 0 Å². The molecule has 0 radical (unpaired) electrons. The Kier molecular flexibility index (Phi) is 7.72. The lowest BCUT2D eigenvalue weighted by Crippen LogP contribution is -1.97. The van der Waals surface area contributed by atoms with Gasteiger partial charge in [-0.1, -0.05) is 31.3 Å². The van der Waals surface area contributed by atoms with E-state index in [9.17, 15) is 0 Å². The smallest absolute Gasteiger partial charge is 0.134 e. The second-order valence-corrected chi connectivity index (χ2v) is 4.22. The number of rotatable bonds is 7. The first-order valence-electron chi connectivity index (χ1n) is 6.66. The van der Waals surface area contributed by atoms with Crippen LogP contribution in [0.2, 0.25) is 0 Å². The predicted molar refractivity (Wildman–Crippen MR) is 76.1 cm³/mol. The predicted octanol–water partition coefficient (Wildman–Crippen LogP) is 2.75. The molecule has 1 N–H and O–H groups in total. The van der Waals surface area contributed by atoms with Gasteiger partial charge in [0.25, 0.3) is 0 Å². The summed E-state index contributed by atoms with van der Waals surface area (Å²) >= 11 is 0. The van der Waals surface area contributed by atoms with E-state index in [0.29, 0.717) is 13.0 Å². The van der Waals surface area contributed by atoms with Crippen molar-refractivity contribution in [2.24, 2.45) is 0 Å². The zero-order valence-electron chi connectivity index (χ0n) is 11.7. The molecular formula is C16H22O3. The minimum absolute atomic E-state index is 0.0785. The third kappa shape index (κ3) is 5.78. The summed E-state index contributed by atoms with van der Waals surface area (Å²) in [7, 11) is 1.63. The van der Waals surface area contributed by atoms with Crippen molar-refractivity contribution in [3.05, 3.63) is 29.3 Å². The number of benzene rings is 1. The first-order valence-corrected chi connectivity index (χ1v) is 6.66. The lowest BCUT2D eigenvalue weighted by Gasteiger charge is -2.07. The number of ether oxygens (including phenoxy) is 2. The highest BCUT2D eigenvalue weighted by atomic mass is 16.5. The zero-order valence-corrected chi connectivity index (χ0v) is 11.7. The molecule has 1 aromatic carbocycles. The normalized spacial score (nSPS) is 9.84. The molecule has 0 aliphatic carbocycles. The lowest BCUT2D eigenvalue weighted by molar-refractivity contribution is 0.118. The van der Waals surface area contributed by atoms with Crippen molar-refractivity contribution >= 4 is 0 Å². The first kappa shape index (κ1) is 15.6. The molecule has 0 unspecified atom stereocenters. The summed E-state index contributed by atoms with van der Waals surface area (Å²) in [5.74, 6) is 6.68. The summed E-state index contributed by atoms with van der Waals surface area (Å²) in [6.07, 6.45) is 2.69. The largest absolute Gasteiger partial charge is 0.495 e. The molecule has 3 heteroatoms. The number of aliphatic hydroxyl groups is 1. The number of hydrogen-bond donors (Lipinski definition) is 1. The minimum Gasteiger partial charge on any atom is -0.495 e. The Bertz CT molecular complexity index is 429. The Labute approximate surface area is 115 Å². The van der Waals surface area contributed by atoms with Crippen molar-refractivity contribution in [1.29, 1.82) is 0 Å². The maximum atomic E-state index is 8.74. The molecule has 3 nitrogen and oxygen atoms in total. The fraction of sp³-hybridized carbons (Fsp3) is 0.500. The van der Waals surface area contributed by atoms with Gasteiger partial charge in [0.1, 0.15) is 5.75 Å². The summed E-state index contributed by atoms with van der Waals surface area (Å²) in [5, 5.41) is 8.74. The van der Waals surface area contributed by atoms with Crippen molar-refractivity contribution in [2.75, 3.05) is 20.3 Å². The highest BCUT2D eigenvalue weighted by Crippen LogP contribution is 2.19. The van der Waals surface area contributed by atoms with Gasteiger partial charge < -0.3 is 14.6 Å². The van der Waals surface area contributed by atoms with Gasteiger partial charge in [0, 0.05) is 13.0 Å². The highest BCUT2D eigenvalue weighted by molar-refractivity contribution is 5.48. The van der Waals surface area contributed by atoms with Gasteiger partial charge in [-0.25, -0.2) is 0 Å². The molecule has 1 aromatic rings. The minimum atomic E-state index is 0.0785. The molecule has 0 amide bonds. The van der Waals surface area contributed by atoms with Crippen molar-refractivity contribution < 1.29 is 14.6 Å². The van der Waals surface area contributed by atoms with Gasteiger partial charge in [0.05, 0.1) is 25.9 Å². The highest BCUT2D eigenvalue weighted by Gasteiger charge is 2.02. The maximum Gasteiger partial charge on any atom is 0.134 e. The number of unbranched alkanes of at least 4 members (excludes halogenated alkanes) is 1. The summed E-state index contributed by atoms with van der Waals surface area (Å²) < 4.78 is 10.9. The van der Waals surface area contributed by atoms with Crippen LogP contribution in [0, 0.1) is 11.8 Å². The monoisotopic (exact) mass is 262 g/mol. The van der Waals surface area contributed by atoms with E-state index < -0.39 is 0 Å². The maximum absolute atomic E-state index is 8.74. The number of hydrogen-bond acceptors (Lipinski definition) is 3. The van der Waals surface area contributed by atoms with Crippen LogP contribution >= 0.6 is 0 Å². The summed E-state index contributed by atoms with van der Waals surface area (Å²) in [4.78, 5) is 0. The standard InChI is InChI=1S/C16H22O3/c1-3-4-11-19-13-14-8-9-16(18-2)15(12-14)7-5-6-10-17/h8-9,12,17H,3-4,6,10-11,13H2,1-2H3. The molecular weight excluding hydrogens is 240 g/mol. The molecule has 0 aromatic heterocycles. The lowest BCUT2D eigenvalue weighted by atomic mass is 10.1. The van der Waals surface area contributed by atoms with Gasteiger partial charge in [-0.15, -0.1) is 0 Å². The van der Waals surface area contributed by atoms with Gasteiger partial charge in [-0.2, -0.15) is 0 Å². The average Bonchev–Trinajstić information content (AvgIpc) is 2.44. The Morgan fingerprint density at radius 2 is 2.16 bits per heavy atom. The van der Waals surface area contributed by atoms with Crippen LogP contribution in [0.5, 0.6) is 5.75 Å². The molecule has 0 spiro atoms. The Morgan fingerprint density at radius 1 is 1.32 bits per heavy atom. The van der Waals surface area contributed by atoms with Crippen LogP contribution in [-0.4, -0.2) is 25.4 Å². The van der Waals surface area contributed by atoms with E-state index in [4.69, 9.17) is 14.6 Å². The number of methoxy groups -OCH3 is 1. The van der Waals surface area contributed by atoms with Crippen molar-refractivity contribution in [3.63, 3.8) is 0 Å². The molecule has 0 bridgehead atoms. The van der Waals surface area contributed by atoms with E-state index in [1.54, 1.807) is 7.11 Å². The summed E-state index contributed by atoms with van der Waals surface area (Å²) in [5.41, 5.74) is 1.93. The SMILES string of the molecule is CCCCOCc1ccc(OC)c(C#CCCO)c1. The fourth-order valence-corrected chi connectivity index (χ4v) is 1.59. The molecule has 0 fully saturated rings. The van der Waals surface area contributed by atoms with Crippen LogP contribution in [0.1, 0.15) is 37.3 Å². The molecule has 19 heavy (non-hydrogen) atoms. The van der Waals surface area contributed by atoms with Crippen molar-refractivity contribution in [2.45, 2.75) is 32.8 Å². The second kappa shape index (κ2) is 9.43. The van der Waals surface area contributed by atoms with Crippen LogP contribution in [0.4, 0.5) is 0 Å². The zero-order chi connectivity index (χ0) is 13.9. The van der Waals surface area contributed by atoms with Gasteiger partial charge in [-0.3, -0.25) is 0 Å². The fourth-order valence-electron chi connectivity index (χ4n) is 1.59. The molecule has 0 atom stereocenters. The van der Waals surface area contributed by atoms with Gasteiger partial charge in [-0.05, 0) is 24.1 Å². The average molecular weight is 262 g/mol. The van der Waals surface area contributed by atoms with Crippen LogP contribution in [0.25, 0.3) is 0 Å². The van der Waals surface area contributed by atoms with E-state index in [0.717, 1.165) is 36.3 Å². The van der Waals surface area contributed by atoms with E-state index in [-0.39, 0.29) is 6.61 Å². The van der Waals surface area contributed by atoms with Crippen LogP contribution in [0.3, 0.4) is 0 Å². The Hall–Kier alpha value is -1.50. The summed E-state index contributed by atoms with van der Waals surface area (Å²) in [6.45, 7) is 3.60. The van der Waals surface area contributed by atoms with Crippen molar-refractivity contribution in [3.8, 4) is 17.6 Å². The van der Waals surface area contributed by atoms with Crippen LogP contribution in [-0.2, 0) is 11.3 Å². The van der Waals surface area contributed by atoms with E-state index in [2.05, 4.69) is 18.8 Å². The molecule has 0 saturated carbocycles. The Morgan fingerprint density at radius 3 is 2.84 bits per heavy atom. The van der Waals surface area contributed by atoms with Gasteiger partial charge in [0.2, 0.25) is 0 Å². The molecule has 0 saturated heterocycles. The second-order valence-electron chi connectivity index (χ2n) is 4.22. The topological polar surface area (TPSA) is 38.7 Å². The van der Waals surface area contributed by atoms with E-state index >= 15 is 0 Å². The number of aliphatic hydroxyl groups excluding tert-OH is 1. The van der Waals surface area contributed by atoms with Crippen LogP contribution in [0.15, 0.2) is 18.2 Å². The van der Waals surface area contributed by atoms with Gasteiger partial charge in [0.15, 0.2) is 0 Å². The summed E-state index contributed by atoms with van der Waals surface area (Å²) in [6, 6.07) is 5.87. The molecule has 0 aliphatic rings. The van der Waals surface area contributed by atoms with E-state index in [1.807, 2.05) is 18.2 Å². The van der Waals surface area contributed by atoms with E-state index in [1.165, 1.54) is 0 Å². The van der Waals surface area contributed by atoms with Crippen molar-refractivity contribution in [1.82, 2.24) is 0 Å². The molecule has 1 rings (SSSR count). The molecule has 0 heterocycles. The third-order valence-corrected chi connectivity index (χ3v) is 2.63. The Balaban J connectivity index is 2.69. The van der Waals surface area contributed by atoms with Crippen LogP contribution < -0.4 is 4.74 Å². The molecule has 0 aliphatic heterocycles. The first-order chi connectivity index (χ1) is 9.31. The third-order valence-electron chi connectivity index (χ3n) is 2.63. The quantitative estimate of drug-likeness (QED) is 0.606.